The van der Waals surface area contributed by atoms with Gasteiger partial charge in [0.15, 0.2) is 0 Å². The fourth-order valence-electron chi connectivity index (χ4n) is 1.43. The highest BCUT2D eigenvalue weighted by atomic mass is 32.2. The average Bonchev–Trinajstić information content (AvgIpc) is 2.33. The highest BCUT2D eigenvalue weighted by Gasteiger charge is 2.13. The molecule has 1 aromatic carbocycles. The molecule has 0 aliphatic carbocycles. The van der Waals surface area contributed by atoms with E-state index < -0.39 is 6.10 Å². The van der Waals surface area contributed by atoms with Gasteiger partial charge in [-0.1, -0.05) is 32.9 Å². The second-order valence-corrected chi connectivity index (χ2v) is 5.95. The van der Waals surface area contributed by atoms with Crippen molar-refractivity contribution in [1.82, 2.24) is 0 Å². The summed E-state index contributed by atoms with van der Waals surface area (Å²) in [5.41, 5.74) is 1.37. The molecule has 1 unspecified atom stereocenters. The Morgan fingerprint density at radius 3 is 2.44 bits per heavy atom. The predicted molar refractivity (Wildman–Crippen MR) is 74.7 cm³/mol. The molecule has 0 radical (unpaired) electrons. The normalized spacial score (nSPS) is 12.8. The smallest absolute Gasteiger partial charge is 0.133 e. The molecule has 0 saturated carbocycles. The molecule has 0 amide bonds. The fourth-order valence-corrected chi connectivity index (χ4v) is 1.79. The maximum Gasteiger partial charge on any atom is 0.133 e. The van der Waals surface area contributed by atoms with Gasteiger partial charge >= 0.3 is 0 Å². The number of hydrogen-bond donors (Lipinski definition) is 1. The number of nitriles is 1. The first kappa shape index (κ1) is 14.9. The topological polar surface area (TPSA) is 53.2 Å². The van der Waals surface area contributed by atoms with E-state index in [1.165, 1.54) is 5.56 Å². The van der Waals surface area contributed by atoms with Crippen LogP contribution in [0.3, 0.4) is 0 Å². The van der Waals surface area contributed by atoms with E-state index in [4.69, 9.17) is 10.00 Å². The lowest BCUT2D eigenvalue weighted by molar-refractivity contribution is 0.126. The molecule has 3 nitrogen and oxygen atoms in total. The fraction of sp³-hybridized carbons (Fsp3) is 0.500. The molecule has 0 aromatic heterocycles. The van der Waals surface area contributed by atoms with Crippen molar-refractivity contribution in [2.24, 2.45) is 0 Å². The first-order valence-corrected chi connectivity index (χ1v) is 6.84. The van der Waals surface area contributed by atoms with Gasteiger partial charge in [-0.2, -0.15) is 5.26 Å². The number of aliphatic hydroxyl groups excluding tert-OH is 1. The summed E-state index contributed by atoms with van der Waals surface area (Å²) in [7, 11) is 0. The van der Waals surface area contributed by atoms with Crippen LogP contribution in [0.25, 0.3) is 0 Å². The zero-order valence-corrected chi connectivity index (χ0v) is 11.8. The Morgan fingerprint density at radius 1 is 1.33 bits per heavy atom. The van der Waals surface area contributed by atoms with Gasteiger partial charge in [-0.15, -0.1) is 0 Å². The molecule has 0 bridgehead atoms. The molecule has 4 heteroatoms. The lowest BCUT2D eigenvalue weighted by Gasteiger charge is -2.19. The van der Waals surface area contributed by atoms with Crippen LogP contribution in [-0.4, -0.2) is 23.6 Å². The van der Waals surface area contributed by atoms with Crippen molar-refractivity contribution in [3.8, 4) is 11.2 Å². The molecule has 1 atom stereocenters. The molecule has 0 aliphatic heterocycles. The number of nitrogens with zero attached hydrogens (tertiary/aromatic N) is 1. The van der Waals surface area contributed by atoms with E-state index in [2.05, 4.69) is 20.8 Å². The molecule has 0 saturated heterocycles. The average molecular weight is 265 g/mol. The Balaban J connectivity index is 2.47. The van der Waals surface area contributed by atoms with Crippen LogP contribution in [0.2, 0.25) is 0 Å². The number of benzene rings is 1. The highest BCUT2D eigenvalue weighted by Crippen LogP contribution is 2.24. The van der Waals surface area contributed by atoms with Gasteiger partial charge in [0.25, 0.3) is 0 Å². The summed E-state index contributed by atoms with van der Waals surface area (Å²) >= 11 is 1.03. The number of thiocyanates is 1. The zero-order chi connectivity index (χ0) is 13.6. The first-order chi connectivity index (χ1) is 8.43. The molecule has 0 fully saturated rings. The summed E-state index contributed by atoms with van der Waals surface area (Å²) in [4.78, 5) is 0. The number of thioether (sulfide) groups is 1. The maximum atomic E-state index is 9.53. The molecule has 1 N–H and O–H groups in total. The van der Waals surface area contributed by atoms with Crippen LogP contribution in [-0.2, 0) is 5.41 Å². The molecular weight excluding hydrogens is 246 g/mol. The monoisotopic (exact) mass is 265 g/mol. The van der Waals surface area contributed by atoms with E-state index in [-0.39, 0.29) is 12.0 Å². The van der Waals surface area contributed by atoms with E-state index in [1.54, 1.807) is 0 Å². The summed E-state index contributed by atoms with van der Waals surface area (Å²) in [5.74, 6) is 1.11. The highest BCUT2D eigenvalue weighted by molar-refractivity contribution is 8.03. The Labute approximate surface area is 113 Å². The number of rotatable bonds is 5. The van der Waals surface area contributed by atoms with Crippen molar-refractivity contribution in [1.29, 1.82) is 5.26 Å². The molecule has 0 heterocycles. The van der Waals surface area contributed by atoms with Gasteiger partial charge in [0.2, 0.25) is 0 Å². The Morgan fingerprint density at radius 2 is 1.94 bits per heavy atom. The third-order valence-corrected chi connectivity index (χ3v) is 3.18. The third-order valence-electron chi connectivity index (χ3n) is 2.50. The summed E-state index contributed by atoms with van der Waals surface area (Å²) in [6.07, 6.45) is -0.614. The van der Waals surface area contributed by atoms with Gasteiger partial charge in [-0.25, -0.2) is 0 Å². The minimum atomic E-state index is -0.614. The van der Waals surface area contributed by atoms with E-state index >= 15 is 0 Å². The summed E-state index contributed by atoms with van der Waals surface area (Å²) in [6, 6.07) is 7.88. The Hall–Kier alpha value is -1.18. The van der Waals surface area contributed by atoms with Crippen molar-refractivity contribution in [3.05, 3.63) is 29.8 Å². The quantitative estimate of drug-likeness (QED) is 0.832. The molecular formula is C14H19NO2S. The second kappa shape index (κ2) is 6.67. The summed E-state index contributed by atoms with van der Waals surface area (Å²) < 4.78 is 5.46. The van der Waals surface area contributed by atoms with Gasteiger partial charge < -0.3 is 9.84 Å². The van der Waals surface area contributed by atoms with Crippen LogP contribution in [0, 0.1) is 10.7 Å². The molecule has 1 aromatic rings. The minimum Gasteiger partial charge on any atom is -0.491 e. The van der Waals surface area contributed by atoms with Crippen molar-refractivity contribution in [2.75, 3.05) is 12.4 Å². The van der Waals surface area contributed by atoms with E-state index in [0.29, 0.717) is 5.75 Å². The Bertz CT molecular complexity index is 403. The lowest BCUT2D eigenvalue weighted by atomic mass is 9.87. The number of ether oxygens (including phenoxy) is 1. The number of hydrogen-bond acceptors (Lipinski definition) is 4. The predicted octanol–water partition coefficient (Wildman–Crippen LogP) is 2.94. The van der Waals surface area contributed by atoms with Gasteiger partial charge in [0, 0.05) is 5.75 Å². The molecule has 1 rings (SSSR count). The lowest BCUT2D eigenvalue weighted by Crippen LogP contribution is -2.19. The van der Waals surface area contributed by atoms with Crippen LogP contribution in [0.1, 0.15) is 26.3 Å². The number of aliphatic hydroxyl groups is 1. The van der Waals surface area contributed by atoms with Gasteiger partial charge in [-0.05, 0) is 34.9 Å². The van der Waals surface area contributed by atoms with Gasteiger partial charge in [0.1, 0.15) is 17.8 Å². The SMILES string of the molecule is CC(C)(C)c1ccc(OCC(O)CSC#N)cc1. The van der Waals surface area contributed by atoms with Crippen LogP contribution < -0.4 is 4.74 Å². The summed E-state index contributed by atoms with van der Waals surface area (Å²) in [6.45, 7) is 6.69. The maximum absolute atomic E-state index is 9.53. The van der Waals surface area contributed by atoms with Gasteiger partial charge in [-0.3, -0.25) is 0 Å². The molecule has 18 heavy (non-hydrogen) atoms. The standard InChI is InChI=1S/C14H19NO2S/c1-14(2,3)11-4-6-13(7-5-11)17-8-12(16)9-18-10-15/h4-7,12,16H,8-9H2,1-3H3. The van der Waals surface area contributed by atoms with Crippen LogP contribution in [0.15, 0.2) is 24.3 Å². The van der Waals surface area contributed by atoms with Crippen LogP contribution in [0.5, 0.6) is 5.75 Å². The zero-order valence-electron chi connectivity index (χ0n) is 11.0. The van der Waals surface area contributed by atoms with Crippen molar-refractivity contribution in [2.45, 2.75) is 32.3 Å². The molecule has 0 aliphatic rings. The molecule has 0 spiro atoms. The third kappa shape index (κ3) is 4.99. The van der Waals surface area contributed by atoms with Crippen molar-refractivity contribution in [3.63, 3.8) is 0 Å². The van der Waals surface area contributed by atoms with E-state index in [0.717, 1.165) is 17.5 Å². The van der Waals surface area contributed by atoms with E-state index in [1.807, 2.05) is 29.7 Å². The van der Waals surface area contributed by atoms with Crippen LogP contribution in [0.4, 0.5) is 0 Å². The molecule has 98 valence electrons. The Kier molecular flexibility index (Phi) is 5.52. The minimum absolute atomic E-state index is 0.126. The summed E-state index contributed by atoms with van der Waals surface area (Å²) in [5, 5.41) is 19.8. The second-order valence-electron chi connectivity index (χ2n) is 5.14. The van der Waals surface area contributed by atoms with Crippen molar-refractivity contribution < 1.29 is 9.84 Å². The van der Waals surface area contributed by atoms with Crippen LogP contribution >= 0.6 is 11.8 Å². The largest absolute Gasteiger partial charge is 0.491 e. The van der Waals surface area contributed by atoms with Gasteiger partial charge in [0.05, 0.1) is 6.10 Å². The first-order valence-electron chi connectivity index (χ1n) is 5.86. The van der Waals surface area contributed by atoms with Crippen molar-refractivity contribution >= 4 is 11.8 Å². The van der Waals surface area contributed by atoms with E-state index in [9.17, 15) is 5.11 Å².